The lowest BCUT2D eigenvalue weighted by molar-refractivity contribution is 0.296. The lowest BCUT2D eigenvalue weighted by Crippen LogP contribution is -2.09. The lowest BCUT2D eigenvalue weighted by atomic mass is 10.2. The number of hydrogen-bond acceptors (Lipinski definition) is 8. The molecule has 4 rings (SSSR count). The molecule has 0 atom stereocenters. The van der Waals surface area contributed by atoms with Crippen LogP contribution in [0.15, 0.2) is 48.5 Å². The average molecular weight is 350 g/mol. The molecule has 7 nitrogen and oxygen atoms in total. The van der Waals surface area contributed by atoms with Gasteiger partial charge in [0, 0.05) is 5.56 Å². The summed E-state index contributed by atoms with van der Waals surface area (Å²) in [5.41, 5.74) is 13.1. The molecule has 0 spiro atoms. The number of hydrogen-bond donors (Lipinski definition) is 2. The summed E-state index contributed by atoms with van der Waals surface area (Å²) in [6.07, 6.45) is 0. The van der Waals surface area contributed by atoms with Crippen LogP contribution < -0.4 is 16.2 Å². The van der Waals surface area contributed by atoms with Gasteiger partial charge in [-0.25, -0.2) is 4.98 Å². The first-order valence-electron chi connectivity index (χ1n) is 7.52. The maximum atomic E-state index is 5.67. The van der Waals surface area contributed by atoms with Crippen molar-refractivity contribution in [2.75, 3.05) is 11.5 Å². The van der Waals surface area contributed by atoms with Crippen LogP contribution in [0.3, 0.4) is 0 Å². The Labute approximate surface area is 147 Å². The number of benzene rings is 2. The van der Waals surface area contributed by atoms with E-state index in [1.807, 2.05) is 42.5 Å². The molecule has 4 N–H and O–H groups in total. The van der Waals surface area contributed by atoms with Crippen LogP contribution in [0.4, 0.5) is 11.9 Å². The Morgan fingerprint density at radius 1 is 0.840 bits per heavy atom. The van der Waals surface area contributed by atoms with Gasteiger partial charge in [-0.3, -0.25) is 0 Å². The Balaban J connectivity index is 1.49. The van der Waals surface area contributed by atoms with E-state index < -0.39 is 0 Å². The molecule has 0 unspecified atom stereocenters. The van der Waals surface area contributed by atoms with Crippen LogP contribution in [0.2, 0.25) is 0 Å². The third kappa shape index (κ3) is 3.33. The normalized spacial score (nSPS) is 10.9. The molecule has 0 aliphatic rings. The molecule has 4 aromatic rings. The number of anilines is 2. The second kappa shape index (κ2) is 6.33. The molecule has 0 bridgehead atoms. The van der Waals surface area contributed by atoms with Crippen LogP contribution in [0.5, 0.6) is 5.75 Å². The molecule has 2 heterocycles. The molecule has 0 saturated carbocycles. The zero-order valence-electron chi connectivity index (χ0n) is 13.1. The van der Waals surface area contributed by atoms with Gasteiger partial charge in [0.05, 0.1) is 10.2 Å². The minimum absolute atomic E-state index is 0.0808. The molecule has 25 heavy (non-hydrogen) atoms. The van der Waals surface area contributed by atoms with Gasteiger partial charge in [-0.2, -0.15) is 15.0 Å². The van der Waals surface area contributed by atoms with Gasteiger partial charge in [-0.05, 0) is 36.4 Å². The molecular weight excluding hydrogens is 336 g/mol. The number of aromatic nitrogens is 4. The van der Waals surface area contributed by atoms with Gasteiger partial charge in [0.25, 0.3) is 0 Å². The summed E-state index contributed by atoms with van der Waals surface area (Å²) in [4.78, 5) is 16.3. The number of nitrogens with zero attached hydrogens (tertiary/aromatic N) is 4. The van der Waals surface area contributed by atoms with Crippen molar-refractivity contribution < 1.29 is 4.74 Å². The first-order valence-corrected chi connectivity index (χ1v) is 8.34. The van der Waals surface area contributed by atoms with Crippen molar-refractivity contribution in [1.29, 1.82) is 0 Å². The highest BCUT2D eigenvalue weighted by Gasteiger charge is 2.07. The highest BCUT2D eigenvalue weighted by atomic mass is 32.1. The second-order valence-corrected chi connectivity index (χ2v) is 6.30. The summed E-state index contributed by atoms with van der Waals surface area (Å²) in [7, 11) is 0. The molecule has 0 fully saturated rings. The van der Waals surface area contributed by atoms with Crippen molar-refractivity contribution in [3.63, 3.8) is 0 Å². The van der Waals surface area contributed by atoms with Crippen LogP contribution in [0.25, 0.3) is 20.8 Å². The molecule has 0 aliphatic carbocycles. The van der Waals surface area contributed by atoms with Crippen molar-refractivity contribution in [2.45, 2.75) is 6.61 Å². The zero-order valence-corrected chi connectivity index (χ0v) is 13.9. The standard InChI is InChI=1S/C17H14N6OS/c18-16-21-14(22-17(19)23-16)9-24-11-7-5-10(6-8-11)15-20-12-3-1-2-4-13(12)25-15/h1-8H,9H2,(H4,18,19,21,22,23). The van der Waals surface area contributed by atoms with E-state index in [1.165, 1.54) is 4.70 Å². The number of thiazole rings is 1. The predicted molar refractivity (Wildman–Crippen MR) is 98.0 cm³/mol. The summed E-state index contributed by atoms with van der Waals surface area (Å²) < 4.78 is 6.84. The van der Waals surface area contributed by atoms with Crippen molar-refractivity contribution in [2.24, 2.45) is 0 Å². The van der Waals surface area contributed by atoms with E-state index in [0.29, 0.717) is 11.6 Å². The minimum Gasteiger partial charge on any atom is -0.486 e. The highest BCUT2D eigenvalue weighted by molar-refractivity contribution is 7.21. The number of rotatable bonds is 4. The number of ether oxygens (including phenoxy) is 1. The highest BCUT2D eigenvalue weighted by Crippen LogP contribution is 2.30. The van der Waals surface area contributed by atoms with Gasteiger partial charge in [0.2, 0.25) is 11.9 Å². The van der Waals surface area contributed by atoms with E-state index in [9.17, 15) is 0 Å². The molecule has 124 valence electrons. The maximum Gasteiger partial charge on any atom is 0.225 e. The number of para-hydroxylation sites is 1. The van der Waals surface area contributed by atoms with E-state index in [0.717, 1.165) is 16.1 Å². The van der Waals surface area contributed by atoms with Gasteiger partial charge < -0.3 is 16.2 Å². The monoisotopic (exact) mass is 350 g/mol. The third-order valence-corrected chi connectivity index (χ3v) is 4.56. The van der Waals surface area contributed by atoms with Crippen LogP contribution >= 0.6 is 11.3 Å². The maximum absolute atomic E-state index is 5.67. The van der Waals surface area contributed by atoms with Gasteiger partial charge >= 0.3 is 0 Å². The fourth-order valence-electron chi connectivity index (χ4n) is 2.36. The molecule has 2 aromatic heterocycles. The minimum atomic E-state index is 0.0808. The molecule has 0 aliphatic heterocycles. The zero-order chi connectivity index (χ0) is 17.2. The quantitative estimate of drug-likeness (QED) is 0.582. The Morgan fingerprint density at radius 2 is 1.56 bits per heavy atom. The SMILES string of the molecule is Nc1nc(N)nc(COc2ccc(-c3nc4ccccc4s3)cc2)n1. The van der Waals surface area contributed by atoms with Crippen molar-refractivity contribution in [3.8, 4) is 16.3 Å². The third-order valence-electron chi connectivity index (χ3n) is 3.48. The number of nitrogen functional groups attached to an aromatic ring is 2. The van der Waals surface area contributed by atoms with Gasteiger partial charge in [-0.1, -0.05) is 12.1 Å². The lowest BCUT2D eigenvalue weighted by Gasteiger charge is -2.06. The van der Waals surface area contributed by atoms with Crippen molar-refractivity contribution in [3.05, 3.63) is 54.4 Å². The van der Waals surface area contributed by atoms with Crippen LogP contribution in [-0.2, 0) is 6.61 Å². The predicted octanol–water partition coefficient (Wildman–Crippen LogP) is 2.89. The first kappa shape index (κ1) is 15.3. The Bertz CT molecular complexity index is 978. The fraction of sp³-hybridized carbons (Fsp3) is 0.0588. The van der Waals surface area contributed by atoms with E-state index in [4.69, 9.17) is 16.2 Å². The largest absolute Gasteiger partial charge is 0.486 e. The summed E-state index contributed by atoms with van der Waals surface area (Å²) in [5, 5.41) is 0.978. The summed E-state index contributed by atoms with van der Waals surface area (Å²) >= 11 is 1.66. The number of fused-ring (bicyclic) bond motifs is 1. The van der Waals surface area contributed by atoms with Gasteiger partial charge in [0.1, 0.15) is 17.4 Å². The Kier molecular flexibility index (Phi) is 3.87. The van der Waals surface area contributed by atoms with E-state index in [-0.39, 0.29) is 18.5 Å². The Morgan fingerprint density at radius 3 is 2.28 bits per heavy atom. The van der Waals surface area contributed by atoms with Gasteiger partial charge in [0.15, 0.2) is 5.82 Å². The molecule has 8 heteroatoms. The number of nitrogens with two attached hydrogens (primary N) is 2. The molecule has 0 radical (unpaired) electrons. The van der Waals surface area contributed by atoms with Crippen LogP contribution in [0.1, 0.15) is 5.82 Å². The summed E-state index contributed by atoms with van der Waals surface area (Å²) in [5.74, 6) is 1.25. The summed E-state index contributed by atoms with van der Waals surface area (Å²) in [6.45, 7) is 0.164. The van der Waals surface area contributed by atoms with E-state index in [1.54, 1.807) is 11.3 Å². The van der Waals surface area contributed by atoms with Crippen LogP contribution in [0, 0.1) is 0 Å². The molecule has 0 saturated heterocycles. The van der Waals surface area contributed by atoms with Crippen molar-refractivity contribution in [1.82, 2.24) is 19.9 Å². The summed E-state index contributed by atoms with van der Waals surface area (Å²) in [6, 6.07) is 15.8. The van der Waals surface area contributed by atoms with Gasteiger partial charge in [-0.15, -0.1) is 11.3 Å². The Hall–Kier alpha value is -3.26. The van der Waals surface area contributed by atoms with Crippen LogP contribution in [-0.4, -0.2) is 19.9 Å². The topological polar surface area (TPSA) is 113 Å². The van der Waals surface area contributed by atoms with E-state index in [2.05, 4.69) is 26.0 Å². The van der Waals surface area contributed by atoms with E-state index >= 15 is 0 Å². The second-order valence-electron chi connectivity index (χ2n) is 5.27. The average Bonchev–Trinajstić information content (AvgIpc) is 3.04. The molecule has 2 aromatic carbocycles. The smallest absolute Gasteiger partial charge is 0.225 e. The molecule has 0 amide bonds. The fourth-order valence-corrected chi connectivity index (χ4v) is 3.33. The van der Waals surface area contributed by atoms with Crippen molar-refractivity contribution >= 4 is 33.5 Å². The molecular formula is C17H14N6OS. The first-order chi connectivity index (χ1) is 12.2.